The van der Waals surface area contributed by atoms with E-state index in [0.717, 1.165) is 17.4 Å². The summed E-state index contributed by atoms with van der Waals surface area (Å²) in [4.78, 5) is 0. The van der Waals surface area contributed by atoms with E-state index < -0.39 is 10.0 Å². The molecule has 0 atom stereocenters. The Balaban J connectivity index is 2.73. The van der Waals surface area contributed by atoms with Crippen LogP contribution in [0.1, 0.15) is 12.8 Å². The zero-order valence-corrected chi connectivity index (χ0v) is 15.9. The molecule has 0 saturated heterocycles. The molecule has 19 heavy (non-hydrogen) atoms. The summed E-state index contributed by atoms with van der Waals surface area (Å²) in [6.07, 6.45) is 1.46. The number of halogens is 3. The number of hydrogen-bond acceptors (Lipinski definition) is 3. The molecule has 0 aliphatic carbocycles. The predicted octanol–water partition coefficient (Wildman–Crippen LogP) is 3.72. The number of anilines is 1. The van der Waals surface area contributed by atoms with Gasteiger partial charge in [0, 0.05) is 13.4 Å². The van der Waals surface area contributed by atoms with Gasteiger partial charge in [-0.3, -0.25) is 4.72 Å². The molecule has 0 radical (unpaired) electrons. The smallest absolute Gasteiger partial charge is 0.232 e. The number of sulfonamides is 1. The maximum atomic E-state index is 12.0. The fraction of sp³-hybridized carbons (Fsp3) is 0.455. The first kappa shape index (κ1) is 17.4. The first-order valence-electron chi connectivity index (χ1n) is 5.65. The third-order valence-electron chi connectivity index (χ3n) is 2.35. The second-order valence-corrected chi connectivity index (χ2v) is 8.44. The van der Waals surface area contributed by atoms with Crippen LogP contribution >= 0.6 is 47.8 Å². The molecule has 0 heterocycles. The van der Waals surface area contributed by atoms with Gasteiger partial charge in [-0.15, -0.1) is 0 Å². The zero-order chi connectivity index (χ0) is 14.5. The van der Waals surface area contributed by atoms with Gasteiger partial charge in [-0.25, -0.2) is 8.42 Å². The minimum atomic E-state index is -3.33. The second-order valence-electron chi connectivity index (χ2n) is 3.98. The topological polar surface area (TPSA) is 58.2 Å². The average molecular weight is 479 g/mol. The van der Waals surface area contributed by atoms with E-state index in [1.165, 1.54) is 0 Å². The fourth-order valence-electron chi connectivity index (χ4n) is 1.44. The highest BCUT2D eigenvalue weighted by Gasteiger charge is 2.15. The summed E-state index contributed by atoms with van der Waals surface area (Å²) in [5.74, 6) is 0.115. The van der Waals surface area contributed by atoms with E-state index >= 15 is 0 Å². The minimum absolute atomic E-state index is 0.115. The molecule has 4 nitrogen and oxygen atoms in total. The van der Waals surface area contributed by atoms with Crippen molar-refractivity contribution >= 4 is 63.5 Å². The van der Waals surface area contributed by atoms with Gasteiger partial charge in [-0.1, -0.05) is 15.9 Å². The first-order chi connectivity index (χ1) is 8.85. The van der Waals surface area contributed by atoms with Crippen LogP contribution in [0.5, 0.6) is 0 Å². The van der Waals surface area contributed by atoms with Crippen LogP contribution in [0, 0.1) is 0 Å². The molecule has 0 bridgehead atoms. The number of unbranched alkanes of at least 4 members (excludes halogenated alkanes) is 1. The first-order valence-corrected chi connectivity index (χ1v) is 9.68. The lowest BCUT2D eigenvalue weighted by atomic mass is 10.3. The largest absolute Gasteiger partial charge is 0.320 e. The van der Waals surface area contributed by atoms with Crippen molar-refractivity contribution in [2.75, 3.05) is 24.1 Å². The van der Waals surface area contributed by atoms with Crippen LogP contribution in [-0.4, -0.2) is 27.8 Å². The number of hydrogen-bond donors (Lipinski definition) is 2. The van der Waals surface area contributed by atoms with Crippen molar-refractivity contribution in [3.05, 3.63) is 25.6 Å². The lowest BCUT2D eigenvalue weighted by Gasteiger charge is -2.12. The molecule has 0 aliphatic heterocycles. The molecule has 2 N–H and O–H groups in total. The van der Waals surface area contributed by atoms with Crippen LogP contribution in [0.4, 0.5) is 5.69 Å². The summed E-state index contributed by atoms with van der Waals surface area (Å²) < 4.78 is 28.8. The number of benzene rings is 1. The quantitative estimate of drug-likeness (QED) is 0.587. The molecule has 1 rings (SSSR count). The van der Waals surface area contributed by atoms with E-state index in [1.54, 1.807) is 12.1 Å². The zero-order valence-electron chi connectivity index (χ0n) is 10.3. The Morgan fingerprint density at radius 2 is 1.68 bits per heavy atom. The molecular formula is C11H15Br3N2O2S. The van der Waals surface area contributed by atoms with Crippen LogP contribution in [0.3, 0.4) is 0 Å². The van der Waals surface area contributed by atoms with Crippen LogP contribution in [0.15, 0.2) is 25.6 Å². The maximum Gasteiger partial charge on any atom is 0.232 e. The highest BCUT2D eigenvalue weighted by molar-refractivity contribution is 9.11. The van der Waals surface area contributed by atoms with E-state index in [4.69, 9.17) is 0 Å². The summed E-state index contributed by atoms with van der Waals surface area (Å²) >= 11 is 10.0. The molecule has 1 aromatic carbocycles. The molecule has 0 unspecified atom stereocenters. The standard InChI is InChI=1S/C11H15Br3N2O2S/c1-15-4-2-3-5-19(17,18)16-11-9(13)6-8(12)7-10(11)14/h6-7,15-16H,2-5H2,1H3. The molecule has 0 aliphatic rings. The number of nitrogens with one attached hydrogen (secondary N) is 2. The second kappa shape index (κ2) is 7.97. The molecular weight excluding hydrogens is 464 g/mol. The molecule has 0 saturated carbocycles. The van der Waals surface area contributed by atoms with Crippen molar-refractivity contribution in [1.29, 1.82) is 0 Å². The Morgan fingerprint density at radius 3 is 2.21 bits per heavy atom. The van der Waals surface area contributed by atoms with Gasteiger partial charge in [0.2, 0.25) is 10.0 Å². The van der Waals surface area contributed by atoms with Gasteiger partial charge in [0.15, 0.2) is 0 Å². The lowest BCUT2D eigenvalue weighted by molar-refractivity contribution is 0.595. The summed E-state index contributed by atoms with van der Waals surface area (Å²) in [6.45, 7) is 0.821. The van der Waals surface area contributed by atoms with Gasteiger partial charge in [-0.05, 0) is 70.4 Å². The van der Waals surface area contributed by atoms with E-state index in [1.807, 2.05) is 7.05 Å². The van der Waals surface area contributed by atoms with E-state index in [2.05, 4.69) is 57.8 Å². The predicted molar refractivity (Wildman–Crippen MR) is 90.1 cm³/mol. The van der Waals surface area contributed by atoms with Crippen molar-refractivity contribution in [3.63, 3.8) is 0 Å². The van der Waals surface area contributed by atoms with Crippen molar-refractivity contribution < 1.29 is 8.42 Å². The van der Waals surface area contributed by atoms with E-state index in [0.29, 0.717) is 21.1 Å². The van der Waals surface area contributed by atoms with Gasteiger partial charge in [0.1, 0.15) is 0 Å². The maximum absolute atomic E-state index is 12.0. The summed E-state index contributed by atoms with van der Waals surface area (Å²) in [5.41, 5.74) is 0.525. The van der Waals surface area contributed by atoms with Gasteiger partial charge in [0.25, 0.3) is 0 Å². The molecule has 0 spiro atoms. The van der Waals surface area contributed by atoms with Gasteiger partial charge < -0.3 is 5.32 Å². The van der Waals surface area contributed by atoms with Crippen LogP contribution in [0.2, 0.25) is 0 Å². The Labute approximate surface area is 139 Å². The van der Waals surface area contributed by atoms with E-state index in [-0.39, 0.29) is 5.75 Å². The summed E-state index contributed by atoms with van der Waals surface area (Å²) in [6, 6.07) is 3.59. The Hall–Kier alpha value is 0.370. The molecule has 0 fully saturated rings. The third-order valence-corrected chi connectivity index (χ3v) is 5.40. The van der Waals surface area contributed by atoms with Crippen LogP contribution in [0.25, 0.3) is 0 Å². The van der Waals surface area contributed by atoms with Crippen molar-refractivity contribution in [2.45, 2.75) is 12.8 Å². The van der Waals surface area contributed by atoms with Crippen LogP contribution in [-0.2, 0) is 10.0 Å². The summed E-state index contributed by atoms with van der Waals surface area (Å²) in [5, 5.41) is 2.99. The Kier molecular flexibility index (Phi) is 7.31. The fourth-order valence-corrected chi connectivity index (χ4v) is 5.38. The third kappa shape index (κ3) is 6.12. The summed E-state index contributed by atoms with van der Waals surface area (Å²) in [7, 11) is -1.48. The Morgan fingerprint density at radius 1 is 1.11 bits per heavy atom. The van der Waals surface area contributed by atoms with Crippen molar-refractivity contribution in [2.24, 2.45) is 0 Å². The molecule has 1 aromatic rings. The van der Waals surface area contributed by atoms with Gasteiger partial charge >= 0.3 is 0 Å². The SMILES string of the molecule is CNCCCCS(=O)(=O)Nc1c(Br)cc(Br)cc1Br. The highest BCUT2D eigenvalue weighted by atomic mass is 79.9. The van der Waals surface area contributed by atoms with Gasteiger partial charge in [0.05, 0.1) is 11.4 Å². The average Bonchev–Trinajstić information content (AvgIpc) is 2.29. The normalized spacial score (nSPS) is 11.6. The molecule has 0 aromatic heterocycles. The van der Waals surface area contributed by atoms with Gasteiger partial charge in [-0.2, -0.15) is 0 Å². The van der Waals surface area contributed by atoms with E-state index in [9.17, 15) is 8.42 Å². The van der Waals surface area contributed by atoms with Crippen molar-refractivity contribution in [1.82, 2.24) is 5.32 Å². The Bertz CT molecular complexity index is 512. The number of rotatable bonds is 7. The van der Waals surface area contributed by atoms with Crippen molar-refractivity contribution in [3.8, 4) is 0 Å². The molecule has 0 amide bonds. The molecule has 8 heteroatoms. The lowest BCUT2D eigenvalue weighted by Crippen LogP contribution is -2.18. The minimum Gasteiger partial charge on any atom is -0.320 e. The van der Waals surface area contributed by atoms with Crippen LogP contribution < -0.4 is 10.0 Å². The molecule has 108 valence electrons. The highest BCUT2D eigenvalue weighted by Crippen LogP contribution is 2.35. The monoisotopic (exact) mass is 476 g/mol.